The van der Waals surface area contributed by atoms with Gasteiger partial charge in [0.1, 0.15) is 5.75 Å². The number of hydrogen-bond acceptors (Lipinski definition) is 7. The van der Waals surface area contributed by atoms with E-state index in [1.807, 2.05) is 0 Å². The molecule has 1 heterocycles. The summed E-state index contributed by atoms with van der Waals surface area (Å²) in [5.74, 6) is -0.699. The van der Waals surface area contributed by atoms with Gasteiger partial charge in [-0.2, -0.15) is 5.10 Å². The highest BCUT2D eigenvalue weighted by Crippen LogP contribution is 2.16. The number of hydrogen-bond donors (Lipinski definition) is 1. The van der Waals surface area contributed by atoms with E-state index in [0.29, 0.717) is 16.9 Å². The van der Waals surface area contributed by atoms with Crippen LogP contribution in [0.4, 0.5) is 5.69 Å². The summed E-state index contributed by atoms with van der Waals surface area (Å²) in [5.41, 5.74) is 3.59. The van der Waals surface area contributed by atoms with Gasteiger partial charge in [0, 0.05) is 30.1 Å². The largest absolute Gasteiger partial charge is 0.423 e. The second-order valence-corrected chi connectivity index (χ2v) is 5.70. The molecule has 1 amide bonds. The normalized spacial score (nSPS) is 10.5. The Morgan fingerprint density at radius 1 is 0.966 bits per heavy atom. The van der Waals surface area contributed by atoms with Gasteiger partial charge in [-0.3, -0.25) is 19.9 Å². The number of carbonyl (C=O) groups excluding carboxylic acids is 2. The number of nitrogens with zero attached hydrogens (tertiary/aromatic N) is 3. The minimum Gasteiger partial charge on any atom is -0.423 e. The molecular formula is C20H14N4O5. The number of carbonyl (C=O) groups is 2. The molecule has 0 aliphatic carbocycles. The molecular weight excluding hydrogens is 376 g/mol. The van der Waals surface area contributed by atoms with Crippen molar-refractivity contribution in [2.24, 2.45) is 5.10 Å². The van der Waals surface area contributed by atoms with Gasteiger partial charge >= 0.3 is 5.97 Å². The molecule has 2 aromatic carbocycles. The fraction of sp³-hybridized carbons (Fsp3) is 0. The van der Waals surface area contributed by atoms with E-state index in [2.05, 4.69) is 15.5 Å². The van der Waals surface area contributed by atoms with Gasteiger partial charge in [-0.1, -0.05) is 0 Å². The van der Waals surface area contributed by atoms with Crippen molar-refractivity contribution in [1.29, 1.82) is 0 Å². The molecule has 3 aromatic rings. The standard InChI is InChI=1S/C20H14N4O5/c25-19(15-9-11-21-12-10-15)23-22-13-14-1-7-18(8-2-14)29-20(26)16-3-5-17(6-4-16)24(27)28/h1-13H,(H,23,25). The Hall–Kier alpha value is -4.40. The van der Waals surface area contributed by atoms with E-state index in [9.17, 15) is 19.7 Å². The summed E-state index contributed by atoms with van der Waals surface area (Å²) in [5, 5.41) is 14.5. The first kappa shape index (κ1) is 19.4. The lowest BCUT2D eigenvalue weighted by Gasteiger charge is -2.04. The fourth-order valence-corrected chi connectivity index (χ4v) is 2.24. The van der Waals surface area contributed by atoms with Crippen molar-refractivity contribution in [2.75, 3.05) is 0 Å². The van der Waals surface area contributed by atoms with Gasteiger partial charge in [0.05, 0.1) is 16.7 Å². The summed E-state index contributed by atoms with van der Waals surface area (Å²) < 4.78 is 5.23. The van der Waals surface area contributed by atoms with E-state index in [1.54, 1.807) is 36.4 Å². The quantitative estimate of drug-likeness (QED) is 0.227. The lowest BCUT2D eigenvalue weighted by molar-refractivity contribution is -0.384. The smallest absolute Gasteiger partial charge is 0.343 e. The van der Waals surface area contributed by atoms with Crippen molar-refractivity contribution >= 4 is 23.8 Å². The minimum absolute atomic E-state index is 0.110. The second kappa shape index (κ2) is 9.00. The number of nitrogens with one attached hydrogen (secondary N) is 1. The van der Waals surface area contributed by atoms with Crippen molar-refractivity contribution in [1.82, 2.24) is 10.4 Å². The Bertz CT molecular complexity index is 1050. The SMILES string of the molecule is O=C(NN=Cc1ccc(OC(=O)c2ccc([N+](=O)[O-])cc2)cc1)c1ccncc1. The number of pyridine rings is 1. The van der Waals surface area contributed by atoms with E-state index in [1.165, 1.54) is 42.9 Å². The molecule has 0 aliphatic heterocycles. The summed E-state index contributed by atoms with van der Waals surface area (Å²) >= 11 is 0. The van der Waals surface area contributed by atoms with Crippen LogP contribution in [-0.2, 0) is 0 Å². The van der Waals surface area contributed by atoms with Crippen LogP contribution in [0.15, 0.2) is 78.2 Å². The number of nitro benzene ring substituents is 1. The number of benzene rings is 2. The first-order valence-electron chi connectivity index (χ1n) is 8.33. The average molecular weight is 390 g/mol. The first-order valence-corrected chi connectivity index (χ1v) is 8.33. The Labute approximate surface area is 164 Å². The maximum atomic E-state index is 12.1. The monoisotopic (exact) mass is 390 g/mol. The summed E-state index contributed by atoms with van der Waals surface area (Å²) in [6.07, 6.45) is 4.46. The van der Waals surface area contributed by atoms with Gasteiger partial charge in [-0.15, -0.1) is 0 Å². The first-order chi connectivity index (χ1) is 14.0. The number of esters is 1. The molecule has 0 unspecified atom stereocenters. The van der Waals surface area contributed by atoms with Crippen LogP contribution in [0.25, 0.3) is 0 Å². The van der Waals surface area contributed by atoms with Crippen LogP contribution in [0.5, 0.6) is 5.75 Å². The van der Waals surface area contributed by atoms with Crippen molar-refractivity contribution in [3.8, 4) is 5.75 Å². The third-order valence-corrected chi connectivity index (χ3v) is 3.73. The van der Waals surface area contributed by atoms with E-state index in [4.69, 9.17) is 4.74 Å². The molecule has 1 N–H and O–H groups in total. The number of amides is 1. The number of ether oxygens (including phenoxy) is 1. The third-order valence-electron chi connectivity index (χ3n) is 3.73. The molecule has 3 rings (SSSR count). The van der Waals surface area contributed by atoms with E-state index < -0.39 is 10.9 Å². The zero-order valence-corrected chi connectivity index (χ0v) is 14.9. The lowest BCUT2D eigenvalue weighted by atomic mass is 10.2. The number of rotatable bonds is 6. The molecule has 0 radical (unpaired) electrons. The molecule has 0 saturated carbocycles. The molecule has 0 fully saturated rings. The van der Waals surface area contributed by atoms with Crippen LogP contribution in [0.2, 0.25) is 0 Å². The zero-order chi connectivity index (χ0) is 20.6. The van der Waals surface area contributed by atoms with Crippen molar-refractivity contribution in [3.63, 3.8) is 0 Å². The van der Waals surface area contributed by atoms with Gasteiger partial charge in [0.25, 0.3) is 11.6 Å². The Morgan fingerprint density at radius 3 is 2.24 bits per heavy atom. The summed E-state index contributed by atoms with van der Waals surface area (Å²) in [7, 11) is 0. The maximum Gasteiger partial charge on any atom is 0.343 e. The molecule has 0 atom stereocenters. The maximum absolute atomic E-state index is 12.1. The van der Waals surface area contributed by atoms with Crippen LogP contribution in [0.1, 0.15) is 26.3 Å². The minimum atomic E-state index is -0.633. The van der Waals surface area contributed by atoms with Crippen LogP contribution < -0.4 is 10.2 Å². The van der Waals surface area contributed by atoms with Crippen molar-refractivity contribution in [3.05, 3.63) is 99.9 Å². The van der Waals surface area contributed by atoms with Crippen LogP contribution >= 0.6 is 0 Å². The van der Waals surface area contributed by atoms with Gasteiger partial charge in [0.2, 0.25) is 0 Å². The number of non-ortho nitro benzene ring substituents is 1. The topological polar surface area (TPSA) is 124 Å². The van der Waals surface area contributed by atoms with Gasteiger partial charge in [-0.05, 0) is 54.1 Å². The summed E-state index contributed by atoms with van der Waals surface area (Å²) in [6, 6.07) is 14.7. The highest BCUT2D eigenvalue weighted by atomic mass is 16.6. The summed E-state index contributed by atoms with van der Waals surface area (Å²) in [6.45, 7) is 0. The van der Waals surface area contributed by atoms with Crippen LogP contribution in [0.3, 0.4) is 0 Å². The Morgan fingerprint density at radius 2 is 1.62 bits per heavy atom. The molecule has 0 aliphatic rings. The Balaban J connectivity index is 1.56. The summed E-state index contributed by atoms with van der Waals surface area (Å²) in [4.78, 5) is 37.9. The third kappa shape index (κ3) is 5.30. The highest BCUT2D eigenvalue weighted by molar-refractivity contribution is 5.94. The zero-order valence-electron chi connectivity index (χ0n) is 14.9. The van der Waals surface area contributed by atoms with Gasteiger partial charge in [-0.25, -0.2) is 10.2 Å². The predicted octanol–water partition coefficient (Wildman–Crippen LogP) is 2.97. The molecule has 29 heavy (non-hydrogen) atoms. The lowest BCUT2D eigenvalue weighted by Crippen LogP contribution is -2.17. The van der Waals surface area contributed by atoms with Crippen molar-refractivity contribution < 1.29 is 19.2 Å². The number of hydrazone groups is 1. The predicted molar refractivity (Wildman–Crippen MR) is 104 cm³/mol. The van der Waals surface area contributed by atoms with Gasteiger partial charge < -0.3 is 4.74 Å². The molecule has 144 valence electrons. The average Bonchev–Trinajstić information content (AvgIpc) is 2.75. The van der Waals surface area contributed by atoms with E-state index >= 15 is 0 Å². The molecule has 1 aromatic heterocycles. The van der Waals surface area contributed by atoms with E-state index in [-0.39, 0.29) is 17.2 Å². The van der Waals surface area contributed by atoms with Crippen LogP contribution in [-0.4, -0.2) is 28.0 Å². The number of aromatic nitrogens is 1. The molecule has 0 saturated heterocycles. The molecule has 9 heteroatoms. The Kier molecular flexibility index (Phi) is 6.01. The molecule has 9 nitrogen and oxygen atoms in total. The molecule has 0 bridgehead atoms. The van der Waals surface area contributed by atoms with Crippen molar-refractivity contribution in [2.45, 2.75) is 0 Å². The highest BCUT2D eigenvalue weighted by Gasteiger charge is 2.11. The fourth-order valence-electron chi connectivity index (χ4n) is 2.24. The van der Waals surface area contributed by atoms with Crippen LogP contribution in [0, 0.1) is 10.1 Å². The second-order valence-electron chi connectivity index (χ2n) is 5.70. The molecule has 0 spiro atoms. The van der Waals surface area contributed by atoms with Gasteiger partial charge in [0.15, 0.2) is 0 Å². The van der Waals surface area contributed by atoms with E-state index in [0.717, 1.165) is 0 Å². The number of nitro groups is 1.